The molecular formula is C24H22Br2N2O4. The van der Waals surface area contributed by atoms with Crippen molar-refractivity contribution in [2.45, 2.75) is 19.6 Å². The van der Waals surface area contributed by atoms with Crippen molar-refractivity contribution >= 4 is 44.0 Å². The van der Waals surface area contributed by atoms with Gasteiger partial charge in [0.15, 0.2) is 17.6 Å². The van der Waals surface area contributed by atoms with Crippen LogP contribution in [0.5, 0.6) is 11.5 Å². The lowest BCUT2D eigenvalue weighted by atomic mass is 10.1. The van der Waals surface area contributed by atoms with Crippen molar-refractivity contribution in [2.24, 2.45) is 5.10 Å². The minimum atomic E-state index is -1.30. The molecule has 8 heteroatoms. The van der Waals surface area contributed by atoms with Crippen LogP contribution in [0.1, 0.15) is 29.7 Å². The second-order valence-electron chi connectivity index (χ2n) is 6.73. The van der Waals surface area contributed by atoms with Crippen molar-refractivity contribution in [3.8, 4) is 11.5 Å². The molecule has 0 bridgehead atoms. The molecule has 0 radical (unpaired) electrons. The fourth-order valence-electron chi connectivity index (χ4n) is 2.82. The maximum atomic E-state index is 12.1. The van der Waals surface area contributed by atoms with Crippen molar-refractivity contribution in [2.75, 3.05) is 6.61 Å². The Kier molecular flexibility index (Phi) is 8.84. The number of ether oxygens (including phenoxy) is 2. The molecule has 0 aliphatic rings. The van der Waals surface area contributed by atoms with Crippen LogP contribution in [0, 0.1) is 0 Å². The van der Waals surface area contributed by atoms with Gasteiger partial charge in [0.2, 0.25) is 0 Å². The quantitative estimate of drug-likeness (QED) is 0.272. The minimum Gasteiger partial charge on any atom is -0.490 e. The molecule has 0 saturated carbocycles. The third kappa shape index (κ3) is 6.66. The SMILES string of the molecule is CCOc1cc(/C=N\NC(=O)[C@@H](O)c2ccccc2)cc(Br)c1OCc1ccc(Br)cc1. The fraction of sp³-hybridized carbons (Fsp3) is 0.167. The Morgan fingerprint density at radius 1 is 1.09 bits per heavy atom. The lowest BCUT2D eigenvalue weighted by molar-refractivity contribution is -0.129. The first kappa shape index (κ1) is 24.0. The number of carbonyl (C=O) groups is 1. The van der Waals surface area contributed by atoms with Crippen molar-refractivity contribution in [1.29, 1.82) is 0 Å². The highest BCUT2D eigenvalue weighted by atomic mass is 79.9. The monoisotopic (exact) mass is 560 g/mol. The number of hydrazone groups is 1. The minimum absolute atomic E-state index is 0.382. The first-order chi connectivity index (χ1) is 15.5. The van der Waals surface area contributed by atoms with E-state index in [4.69, 9.17) is 9.47 Å². The Hall–Kier alpha value is -2.68. The largest absolute Gasteiger partial charge is 0.490 e. The van der Waals surface area contributed by atoms with E-state index < -0.39 is 12.0 Å². The molecular weight excluding hydrogens is 540 g/mol. The molecule has 1 amide bonds. The van der Waals surface area contributed by atoms with Gasteiger partial charge in [-0.1, -0.05) is 58.4 Å². The number of halogens is 2. The lowest BCUT2D eigenvalue weighted by Gasteiger charge is -2.15. The van der Waals surface area contributed by atoms with Crippen LogP contribution in [-0.2, 0) is 11.4 Å². The summed E-state index contributed by atoms with van der Waals surface area (Å²) < 4.78 is 13.4. The summed E-state index contributed by atoms with van der Waals surface area (Å²) >= 11 is 6.95. The number of carbonyl (C=O) groups excluding carboxylic acids is 1. The van der Waals surface area contributed by atoms with Gasteiger partial charge < -0.3 is 14.6 Å². The van der Waals surface area contributed by atoms with E-state index in [2.05, 4.69) is 42.4 Å². The molecule has 166 valence electrons. The van der Waals surface area contributed by atoms with Crippen LogP contribution >= 0.6 is 31.9 Å². The topological polar surface area (TPSA) is 80.2 Å². The van der Waals surface area contributed by atoms with Crippen LogP contribution in [0.3, 0.4) is 0 Å². The van der Waals surface area contributed by atoms with Gasteiger partial charge in [0, 0.05) is 4.47 Å². The van der Waals surface area contributed by atoms with E-state index in [9.17, 15) is 9.90 Å². The van der Waals surface area contributed by atoms with Gasteiger partial charge in [-0.3, -0.25) is 4.79 Å². The standard InChI is InChI=1S/C24H22Br2N2O4/c1-2-31-21-13-17(14-27-28-24(30)22(29)18-6-4-3-5-7-18)12-20(26)23(21)32-15-16-8-10-19(25)11-9-16/h3-14,22,29H,2,15H2,1H3,(H,28,30)/b27-14-/t22-/m0/s1. The lowest BCUT2D eigenvalue weighted by Crippen LogP contribution is -2.25. The third-order valence-corrected chi connectivity index (χ3v) is 5.50. The van der Waals surface area contributed by atoms with Crippen LogP contribution in [0.4, 0.5) is 0 Å². The summed E-state index contributed by atoms with van der Waals surface area (Å²) in [6.45, 7) is 2.73. The second kappa shape index (κ2) is 11.8. The Balaban J connectivity index is 1.69. The Labute approximate surface area is 203 Å². The van der Waals surface area contributed by atoms with Crippen LogP contribution in [0.25, 0.3) is 0 Å². The summed E-state index contributed by atoms with van der Waals surface area (Å²) in [4.78, 5) is 12.1. The van der Waals surface area contributed by atoms with E-state index in [1.807, 2.05) is 43.3 Å². The summed E-state index contributed by atoms with van der Waals surface area (Å²) in [5, 5.41) is 14.1. The van der Waals surface area contributed by atoms with E-state index in [-0.39, 0.29) is 0 Å². The summed E-state index contributed by atoms with van der Waals surface area (Å²) in [6.07, 6.45) is 0.176. The average Bonchev–Trinajstić information content (AvgIpc) is 2.80. The molecule has 3 aromatic rings. The fourth-order valence-corrected chi connectivity index (χ4v) is 3.66. The van der Waals surface area contributed by atoms with Gasteiger partial charge >= 0.3 is 0 Å². The summed E-state index contributed by atoms with van der Waals surface area (Å²) in [6, 6.07) is 20.1. The van der Waals surface area contributed by atoms with Gasteiger partial charge in [0.05, 0.1) is 17.3 Å². The molecule has 0 aliphatic heterocycles. The summed E-state index contributed by atoms with van der Waals surface area (Å²) in [5.41, 5.74) is 4.56. The van der Waals surface area contributed by atoms with Crippen molar-refractivity contribution < 1.29 is 19.4 Å². The zero-order valence-corrected chi connectivity index (χ0v) is 20.5. The Morgan fingerprint density at radius 3 is 2.50 bits per heavy atom. The number of rotatable bonds is 9. The van der Waals surface area contributed by atoms with Crippen LogP contribution in [-0.4, -0.2) is 23.8 Å². The number of nitrogens with one attached hydrogen (secondary N) is 1. The maximum Gasteiger partial charge on any atom is 0.273 e. The molecule has 0 aliphatic carbocycles. The number of aliphatic hydroxyl groups is 1. The van der Waals surface area contributed by atoms with E-state index >= 15 is 0 Å². The van der Waals surface area contributed by atoms with Gasteiger partial charge in [-0.15, -0.1) is 0 Å². The molecule has 3 aromatic carbocycles. The van der Waals surface area contributed by atoms with Gasteiger partial charge in [-0.2, -0.15) is 5.10 Å². The van der Waals surface area contributed by atoms with Gasteiger partial charge in [-0.25, -0.2) is 5.43 Å². The molecule has 1 atom stereocenters. The van der Waals surface area contributed by atoms with Crippen molar-refractivity contribution in [1.82, 2.24) is 5.43 Å². The second-order valence-corrected chi connectivity index (χ2v) is 8.50. The van der Waals surface area contributed by atoms with Gasteiger partial charge in [0.1, 0.15) is 6.61 Å². The smallest absolute Gasteiger partial charge is 0.273 e. The Morgan fingerprint density at radius 2 is 1.81 bits per heavy atom. The molecule has 0 heterocycles. The summed E-state index contributed by atoms with van der Waals surface area (Å²) in [7, 11) is 0. The van der Waals surface area contributed by atoms with E-state index in [0.717, 1.165) is 10.0 Å². The number of nitrogens with zero attached hydrogens (tertiary/aromatic N) is 1. The molecule has 3 rings (SSSR count). The van der Waals surface area contributed by atoms with Crippen LogP contribution in [0.15, 0.2) is 80.8 Å². The molecule has 0 aromatic heterocycles. The Bertz CT molecular complexity index is 1070. The van der Waals surface area contributed by atoms with Crippen LogP contribution < -0.4 is 14.9 Å². The molecule has 0 unspecified atom stereocenters. The first-order valence-electron chi connectivity index (χ1n) is 9.87. The van der Waals surface area contributed by atoms with Crippen molar-refractivity contribution in [3.63, 3.8) is 0 Å². The zero-order valence-electron chi connectivity index (χ0n) is 17.3. The molecule has 6 nitrogen and oxygen atoms in total. The third-order valence-electron chi connectivity index (χ3n) is 4.38. The maximum absolute atomic E-state index is 12.1. The van der Waals surface area contributed by atoms with E-state index in [1.165, 1.54) is 6.21 Å². The predicted molar refractivity (Wildman–Crippen MR) is 131 cm³/mol. The summed E-state index contributed by atoms with van der Waals surface area (Å²) in [5.74, 6) is 0.512. The molecule has 0 saturated heterocycles. The predicted octanol–water partition coefficient (Wildman–Crippen LogP) is 5.37. The average molecular weight is 562 g/mol. The van der Waals surface area contributed by atoms with Gasteiger partial charge in [-0.05, 0) is 63.8 Å². The normalized spacial score (nSPS) is 11.9. The van der Waals surface area contributed by atoms with Crippen molar-refractivity contribution in [3.05, 3.63) is 92.4 Å². The number of hydrogen-bond donors (Lipinski definition) is 2. The van der Waals surface area contributed by atoms with E-state index in [0.29, 0.717) is 40.3 Å². The zero-order chi connectivity index (χ0) is 22.9. The molecule has 0 fully saturated rings. The van der Waals surface area contributed by atoms with E-state index in [1.54, 1.807) is 30.3 Å². The number of amides is 1. The van der Waals surface area contributed by atoms with Gasteiger partial charge in [0.25, 0.3) is 5.91 Å². The van der Waals surface area contributed by atoms with Crippen LogP contribution in [0.2, 0.25) is 0 Å². The highest BCUT2D eigenvalue weighted by molar-refractivity contribution is 9.10. The highest BCUT2D eigenvalue weighted by Gasteiger charge is 2.16. The first-order valence-corrected chi connectivity index (χ1v) is 11.5. The molecule has 0 spiro atoms. The molecule has 32 heavy (non-hydrogen) atoms. The number of hydrogen-bond acceptors (Lipinski definition) is 5. The highest BCUT2D eigenvalue weighted by Crippen LogP contribution is 2.37. The molecule has 2 N–H and O–H groups in total. The number of aliphatic hydroxyl groups excluding tert-OH is 1. The number of benzene rings is 3.